The second kappa shape index (κ2) is 8.50. The highest BCUT2D eigenvalue weighted by molar-refractivity contribution is 8.20. The summed E-state index contributed by atoms with van der Waals surface area (Å²) in [6.07, 6.45) is 9.54. The summed E-state index contributed by atoms with van der Waals surface area (Å²) in [5, 5.41) is 2.26. The summed E-state index contributed by atoms with van der Waals surface area (Å²) in [6.45, 7) is 5.78. The van der Waals surface area contributed by atoms with Gasteiger partial charge in [0.15, 0.2) is 0 Å². The lowest BCUT2D eigenvalue weighted by molar-refractivity contribution is 0.0829. The zero-order valence-corrected chi connectivity index (χ0v) is 19.4. The third-order valence-corrected chi connectivity index (χ3v) is 10.0. The monoisotopic (exact) mass is 454 g/mol. The second-order valence-corrected chi connectivity index (χ2v) is 11.9. The minimum absolute atomic E-state index is 0.0464. The Kier molecular flexibility index (Phi) is 5.54. The van der Waals surface area contributed by atoms with Crippen LogP contribution in [0.15, 0.2) is 51.5 Å². The number of benzene rings is 1. The molecule has 1 N–H and O–H groups in total. The zero-order valence-electron chi connectivity index (χ0n) is 17.8. The van der Waals surface area contributed by atoms with Gasteiger partial charge in [-0.3, -0.25) is 9.47 Å². The van der Waals surface area contributed by atoms with Crippen molar-refractivity contribution in [2.75, 3.05) is 32.7 Å². The number of H-pyrrole nitrogens is 1. The van der Waals surface area contributed by atoms with Crippen LogP contribution in [-0.4, -0.2) is 62.7 Å². The van der Waals surface area contributed by atoms with Crippen LogP contribution in [0.25, 0.3) is 11.0 Å². The van der Waals surface area contributed by atoms with Crippen LogP contribution in [0.5, 0.6) is 0 Å². The molecular formula is C24H30N4OS2. The van der Waals surface area contributed by atoms with Crippen LogP contribution >= 0.6 is 23.5 Å². The topological polar surface area (TPSA) is 44.3 Å². The average molecular weight is 455 g/mol. The molecule has 2 atom stereocenters. The molecule has 0 amide bonds. The van der Waals surface area contributed by atoms with Gasteiger partial charge in [0.25, 0.3) is 0 Å². The van der Waals surface area contributed by atoms with Crippen molar-refractivity contribution in [2.24, 2.45) is 5.92 Å². The largest absolute Gasteiger partial charge is 0.326 e. The van der Waals surface area contributed by atoms with E-state index in [0.29, 0.717) is 22.6 Å². The highest BCUT2D eigenvalue weighted by atomic mass is 32.2. The number of thioether (sulfide) groups is 2. The Morgan fingerprint density at radius 2 is 1.77 bits per heavy atom. The number of aromatic nitrogens is 2. The van der Waals surface area contributed by atoms with Crippen LogP contribution in [0.1, 0.15) is 31.7 Å². The molecule has 0 spiro atoms. The molecule has 31 heavy (non-hydrogen) atoms. The fourth-order valence-electron chi connectivity index (χ4n) is 5.74. The summed E-state index contributed by atoms with van der Waals surface area (Å²) < 4.78 is 2.71. The second-order valence-electron chi connectivity index (χ2n) is 9.25. The van der Waals surface area contributed by atoms with E-state index in [-0.39, 0.29) is 5.69 Å². The number of hydrogen-bond donors (Lipinski definition) is 1. The maximum atomic E-state index is 12.5. The van der Waals surface area contributed by atoms with Gasteiger partial charge in [-0.15, -0.1) is 23.5 Å². The van der Waals surface area contributed by atoms with Gasteiger partial charge in [0.1, 0.15) is 0 Å². The smallest absolute Gasteiger partial charge is 0.306 e. The molecule has 2 aromatic rings. The van der Waals surface area contributed by atoms with Gasteiger partial charge in [0.2, 0.25) is 0 Å². The zero-order chi connectivity index (χ0) is 20.8. The molecule has 5 heterocycles. The average Bonchev–Trinajstić information content (AvgIpc) is 3.47. The maximum Gasteiger partial charge on any atom is 0.326 e. The first-order chi connectivity index (χ1) is 15.2. The molecule has 1 aromatic carbocycles. The predicted molar refractivity (Wildman–Crippen MR) is 132 cm³/mol. The Labute approximate surface area is 191 Å². The summed E-state index contributed by atoms with van der Waals surface area (Å²) in [5.74, 6) is 0.661. The molecule has 1 aromatic heterocycles. The van der Waals surface area contributed by atoms with Crippen molar-refractivity contribution in [3.8, 4) is 0 Å². The molecule has 2 unspecified atom stereocenters. The van der Waals surface area contributed by atoms with E-state index in [1.54, 1.807) is 4.91 Å². The van der Waals surface area contributed by atoms with Gasteiger partial charge in [-0.25, -0.2) is 4.79 Å². The van der Waals surface area contributed by atoms with Crippen molar-refractivity contribution in [3.05, 3.63) is 57.2 Å². The van der Waals surface area contributed by atoms with Crippen LogP contribution in [0.3, 0.4) is 0 Å². The Bertz CT molecular complexity index is 1060. The summed E-state index contributed by atoms with van der Waals surface area (Å²) in [7, 11) is 0. The van der Waals surface area contributed by atoms with Crippen LogP contribution in [0, 0.1) is 5.92 Å². The van der Waals surface area contributed by atoms with Gasteiger partial charge in [-0.2, -0.15) is 0 Å². The number of rotatable bonds is 4. The lowest BCUT2D eigenvalue weighted by Gasteiger charge is -2.42. The molecular weight excluding hydrogens is 424 g/mol. The fraction of sp³-hybridized carbons (Fsp3) is 0.542. The number of piperidine rings is 2. The number of imidazole rings is 1. The minimum Gasteiger partial charge on any atom is -0.306 e. The standard InChI is InChI=1S/C24H30N4OS2/c29-24-25-21-3-1-2-4-22(21)28(24)19-7-12-27(13-8-19)18-5-10-26(11-6-18)16-20-15-17-9-14-30-23(17)31-20/h1-4,9,14-15,17-19,23H,5-8,10-13,16H2,(H,25,29). The third-order valence-electron chi connectivity index (χ3n) is 7.41. The SMILES string of the molecule is O=c1[nH]c2ccccc2n1C1CCN(C2CCN(CC3=CC4C=CSC4S3)CC2)CC1. The highest BCUT2D eigenvalue weighted by Crippen LogP contribution is 2.48. The van der Waals surface area contributed by atoms with Crippen molar-refractivity contribution in [3.63, 3.8) is 0 Å². The number of hydrogen-bond acceptors (Lipinski definition) is 5. The quantitative estimate of drug-likeness (QED) is 0.748. The first kappa shape index (κ1) is 20.2. The molecule has 0 radical (unpaired) electrons. The number of aromatic amines is 1. The van der Waals surface area contributed by atoms with Crippen LogP contribution in [-0.2, 0) is 0 Å². The van der Waals surface area contributed by atoms with Crippen molar-refractivity contribution < 1.29 is 0 Å². The third kappa shape index (κ3) is 3.94. The number of nitrogens with one attached hydrogen (secondary N) is 1. The highest BCUT2D eigenvalue weighted by Gasteiger charge is 2.33. The molecule has 2 saturated heterocycles. The molecule has 5 nitrogen and oxygen atoms in total. The van der Waals surface area contributed by atoms with Gasteiger partial charge in [0, 0.05) is 37.6 Å². The lowest BCUT2D eigenvalue weighted by Crippen LogP contribution is -2.48. The number of fused-ring (bicyclic) bond motifs is 2. The van der Waals surface area contributed by atoms with Crippen LogP contribution in [0.4, 0.5) is 0 Å². The molecule has 0 saturated carbocycles. The van der Waals surface area contributed by atoms with Crippen LogP contribution < -0.4 is 5.69 Å². The maximum absolute atomic E-state index is 12.5. The molecule has 4 aliphatic heterocycles. The van der Waals surface area contributed by atoms with E-state index < -0.39 is 0 Å². The van der Waals surface area contributed by atoms with Crippen molar-refractivity contribution >= 4 is 34.6 Å². The first-order valence-corrected chi connectivity index (χ1v) is 13.4. The Morgan fingerprint density at radius 3 is 2.58 bits per heavy atom. The van der Waals surface area contributed by atoms with E-state index >= 15 is 0 Å². The summed E-state index contributed by atoms with van der Waals surface area (Å²) in [5.41, 5.74) is 2.05. The molecule has 0 bridgehead atoms. The number of para-hydroxylation sites is 2. The van der Waals surface area contributed by atoms with Crippen molar-refractivity contribution in [1.82, 2.24) is 19.4 Å². The molecule has 2 fully saturated rings. The van der Waals surface area contributed by atoms with Gasteiger partial charge < -0.3 is 9.88 Å². The van der Waals surface area contributed by atoms with Crippen molar-refractivity contribution in [1.29, 1.82) is 0 Å². The van der Waals surface area contributed by atoms with E-state index in [1.165, 1.54) is 25.9 Å². The molecule has 0 aliphatic carbocycles. The predicted octanol–water partition coefficient (Wildman–Crippen LogP) is 4.26. The Balaban J connectivity index is 1.02. The van der Waals surface area contributed by atoms with E-state index in [0.717, 1.165) is 43.5 Å². The number of allylic oxidation sites excluding steroid dienone is 2. The van der Waals surface area contributed by atoms with Crippen LogP contribution in [0.2, 0.25) is 0 Å². The lowest BCUT2D eigenvalue weighted by atomic mass is 9.97. The van der Waals surface area contributed by atoms with Gasteiger partial charge in [0.05, 0.1) is 15.6 Å². The van der Waals surface area contributed by atoms with Gasteiger partial charge in [-0.1, -0.05) is 24.3 Å². The Hall–Kier alpha value is -1.41. The van der Waals surface area contributed by atoms with E-state index in [4.69, 9.17) is 0 Å². The van der Waals surface area contributed by atoms with Gasteiger partial charge in [-0.05, 0) is 61.2 Å². The molecule has 7 heteroatoms. The Morgan fingerprint density at radius 1 is 1.00 bits per heavy atom. The molecule has 4 aliphatic rings. The van der Waals surface area contributed by atoms with E-state index in [1.807, 2.05) is 34.5 Å². The normalized spacial score (nSPS) is 28.5. The molecule has 164 valence electrons. The first-order valence-electron chi connectivity index (χ1n) is 11.6. The summed E-state index contributed by atoms with van der Waals surface area (Å²) >= 11 is 4.06. The van der Waals surface area contributed by atoms with E-state index in [2.05, 4.69) is 50.2 Å². The van der Waals surface area contributed by atoms with E-state index in [9.17, 15) is 4.79 Å². The number of likely N-dealkylation sites (tertiary alicyclic amines) is 2. The van der Waals surface area contributed by atoms with Crippen molar-refractivity contribution in [2.45, 2.75) is 42.3 Å². The number of nitrogens with zero attached hydrogens (tertiary/aromatic N) is 3. The van der Waals surface area contributed by atoms with Gasteiger partial charge >= 0.3 is 5.69 Å². The summed E-state index contributed by atoms with van der Waals surface area (Å²) in [4.78, 5) is 22.5. The summed E-state index contributed by atoms with van der Waals surface area (Å²) in [6, 6.07) is 9.10. The fourth-order valence-corrected chi connectivity index (χ4v) is 8.42. The minimum atomic E-state index is 0.0464. The molecule has 6 rings (SSSR count).